The van der Waals surface area contributed by atoms with Gasteiger partial charge < -0.3 is 0 Å². The number of hydrogen-bond acceptors (Lipinski definition) is 5. The highest BCUT2D eigenvalue weighted by Crippen LogP contribution is 2.22. The van der Waals surface area contributed by atoms with E-state index >= 15 is 0 Å². The van der Waals surface area contributed by atoms with Crippen molar-refractivity contribution in [2.45, 2.75) is 32.6 Å². The van der Waals surface area contributed by atoms with Crippen molar-refractivity contribution in [2.24, 2.45) is 0 Å². The summed E-state index contributed by atoms with van der Waals surface area (Å²) in [4.78, 5) is 29.6. The Morgan fingerprint density at radius 2 is 1.77 bits per heavy atom. The Morgan fingerprint density at radius 1 is 1.07 bits per heavy atom. The largest absolute Gasteiger partial charge is 0.296 e. The van der Waals surface area contributed by atoms with Crippen LogP contribution in [0.3, 0.4) is 0 Å². The molecular formula is C23H20ClN3O2S. The van der Waals surface area contributed by atoms with Crippen molar-refractivity contribution < 1.29 is 0 Å². The van der Waals surface area contributed by atoms with Gasteiger partial charge in [-0.2, -0.15) is 14.6 Å². The van der Waals surface area contributed by atoms with Gasteiger partial charge in [0.15, 0.2) is 0 Å². The van der Waals surface area contributed by atoms with Crippen LogP contribution in [-0.4, -0.2) is 14.6 Å². The normalized spacial score (nSPS) is 12.6. The van der Waals surface area contributed by atoms with E-state index in [1.54, 1.807) is 12.1 Å². The molecule has 30 heavy (non-hydrogen) atoms. The lowest BCUT2D eigenvalue weighted by atomic mass is 9.87. The number of nitrogens with zero attached hydrogens (tertiary/aromatic N) is 3. The lowest BCUT2D eigenvalue weighted by Crippen LogP contribution is -2.28. The maximum atomic E-state index is 12.9. The minimum atomic E-state index is -0.447. The van der Waals surface area contributed by atoms with Gasteiger partial charge in [0.25, 0.3) is 11.1 Å². The average Bonchev–Trinajstić information content (AvgIpc) is 2.98. The molecule has 2 heterocycles. The molecule has 0 aliphatic carbocycles. The van der Waals surface area contributed by atoms with Gasteiger partial charge in [-0.15, -0.1) is 0 Å². The topological polar surface area (TPSA) is 64.3 Å². The summed E-state index contributed by atoms with van der Waals surface area (Å²) in [7, 11) is 0. The van der Waals surface area contributed by atoms with Gasteiger partial charge in [0.05, 0.1) is 4.53 Å². The minimum absolute atomic E-state index is 0.0616. The van der Waals surface area contributed by atoms with Crippen LogP contribution < -0.4 is 15.7 Å². The van der Waals surface area contributed by atoms with Crippen molar-refractivity contribution in [3.05, 3.63) is 101 Å². The zero-order valence-electron chi connectivity index (χ0n) is 16.8. The Bertz CT molecular complexity index is 1400. The first-order valence-corrected chi connectivity index (χ1v) is 10.7. The first-order valence-electron chi connectivity index (χ1n) is 9.51. The van der Waals surface area contributed by atoms with E-state index < -0.39 is 5.56 Å². The molecule has 5 nitrogen and oxygen atoms in total. The molecule has 4 aromatic rings. The molecule has 0 N–H and O–H groups in total. The summed E-state index contributed by atoms with van der Waals surface area (Å²) >= 11 is 7.34. The number of halogens is 1. The Hall–Kier alpha value is -2.83. The van der Waals surface area contributed by atoms with Crippen LogP contribution in [0.2, 0.25) is 5.02 Å². The standard InChI is InChI=1S/C23H20ClN3O2S/c1-23(2,3)16-10-8-14(9-11-16)12-19-21(29)27-22(30-19)25-20(28)18(26-27)13-15-6-4-5-7-17(15)24/h4-12H,13H2,1-3H3/b19-12-. The second kappa shape index (κ2) is 7.78. The molecule has 0 unspecified atom stereocenters. The molecule has 2 aromatic carbocycles. The van der Waals surface area contributed by atoms with Crippen molar-refractivity contribution in [1.29, 1.82) is 0 Å². The van der Waals surface area contributed by atoms with E-state index in [9.17, 15) is 9.59 Å². The molecule has 2 aromatic heterocycles. The highest BCUT2D eigenvalue weighted by molar-refractivity contribution is 7.15. The van der Waals surface area contributed by atoms with Crippen LogP contribution in [-0.2, 0) is 11.8 Å². The number of aromatic nitrogens is 3. The average molecular weight is 438 g/mol. The molecule has 0 radical (unpaired) electrons. The zero-order chi connectivity index (χ0) is 21.5. The van der Waals surface area contributed by atoms with Crippen LogP contribution >= 0.6 is 22.9 Å². The lowest BCUT2D eigenvalue weighted by Gasteiger charge is -2.18. The fourth-order valence-electron chi connectivity index (χ4n) is 3.10. The predicted octanol–water partition coefficient (Wildman–Crippen LogP) is 3.60. The van der Waals surface area contributed by atoms with Crippen LogP contribution in [0, 0.1) is 0 Å². The quantitative estimate of drug-likeness (QED) is 0.491. The fraction of sp³-hybridized carbons (Fsp3) is 0.217. The second-order valence-corrected chi connectivity index (χ2v) is 9.53. The Morgan fingerprint density at radius 3 is 2.43 bits per heavy atom. The summed E-state index contributed by atoms with van der Waals surface area (Å²) in [5.41, 5.74) is 2.41. The molecule has 152 valence electrons. The van der Waals surface area contributed by atoms with E-state index in [4.69, 9.17) is 11.6 Å². The number of benzene rings is 2. The van der Waals surface area contributed by atoms with Crippen LogP contribution in [0.5, 0.6) is 0 Å². The molecule has 0 fully saturated rings. The molecular weight excluding hydrogens is 418 g/mol. The molecule has 7 heteroatoms. The predicted molar refractivity (Wildman–Crippen MR) is 122 cm³/mol. The Labute approximate surface area is 182 Å². The fourth-order valence-corrected chi connectivity index (χ4v) is 4.21. The molecule has 0 bridgehead atoms. The van der Waals surface area contributed by atoms with Crippen molar-refractivity contribution in [1.82, 2.24) is 14.6 Å². The van der Waals surface area contributed by atoms with E-state index in [0.29, 0.717) is 9.55 Å². The van der Waals surface area contributed by atoms with Crippen molar-refractivity contribution in [3.8, 4) is 0 Å². The van der Waals surface area contributed by atoms with Crippen molar-refractivity contribution >= 4 is 34.0 Å². The number of rotatable bonds is 3. The first kappa shape index (κ1) is 20.4. The number of fused-ring (bicyclic) bond motifs is 1. The van der Waals surface area contributed by atoms with Gasteiger partial charge in [0.1, 0.15) is 5.69 Å². The van der Waals surface area contributed by atoms with E-state index in [1.165, 1.54) is 10.1 Å². The van der Waals surface area contributed by atoms with Gasteiger partial charge >= 0.3 is 0 Å². The maximum absolute atomic E-state index is 12.9. The second-order valence-electron chi connectivity index (χ2n) is 8.11. The zero-order valence-corrected chi connectivity index (χ0v) is 18.4. The van der Waals surface area contributed by atoms with Gasteiger partial charge in [-0.3, -0.25) is 9.59 Å². The summed E-state index contributed by atoms with van der Waals surface area (Å²) in [6.07, 6.45) is 2.02. The van der Waals surface area contributed by atoms with Crippen LogP contribution in [0.4, 0.5) is 0 Å². The van der Waals surface area contributed by atoms with E-state index in [1.807, 2.05) is 30.3 Å². The van der Waals surface area contributed by atoms with Gasteiger partial charge in [-0.1, -0.05) is 86.2 Å². The number of thiazole rings is 1. The molecule has 0 amide bonds. The Kier molecular flexibility index (Phi) is 5.30. The van der Waals surface area contributed by atoms with Crippen molar-refractivity contribution in [2.75, 3.05) is 0 Å². The minimum Gasteiger partial charge on any atom is -0.266 e. The lowest BCUT2D eigenvalue weighted by molar-refractivity contribution is 0.590. The SMILES string of the molecule is CC(C)(C)c1ccc(/C=c2\sc3nc(=O)c(Cc4ccccc4Cl)nn3c2=O)cc1. The first-order chi connectivity index (χ1) is 14.2. The summed E-state index contributed by atoms with van der Waals surface area (Å²) in [6, 6.07) is 15.3. The van der Waals surface area contributed by atoms with Crippen LogP contribution in [0.25, 0.3) is 11.0 Å². The van der Waals surface area contributed by atoms with Crippen molar-refractivity contribution in [3.63, 3.8) is 0 Å². The van der Waals surface area contributed by atoms with Crippen LogP contribution in [0.1, 0.15) is 43.2 Å². The third-order valence-corrected chi connectivity index (χ3v) is 6.17. The maximum Gasteiger partial charge on any atom is 0.296 e. The summed E-state index contributed by atoms with van der Waals surface area (Å²) < 4.78 is 1.68. The summed E-state index contributed by atoms with van der Waals surface area (Å²) in [6.45, 7) is 6.46. The third-order valence-electron chi connectivity index (χ3n) is 4.84. The van der Waals surface area contributed by atoms with Gasteiger partial charge in [0, 0.05) is 11.4 Å². The highest BCUT2D eigenvalue weighted by atomic mass is 35.5. The van der Waals surface area contributed by atoms with Gasteiger partial charge in [0.2, 0.25) is 4.96 Å². The van der Waals surface area contributed by atoms with Gasteiger partial charge in [-0.05, 0) is 34.2 Å². The smallest absolute Gasteiger partial charge is 0.266 e. The summed E-state index contributed by atoms with van der Waals surface area (Å²) in [5.74, 6) is 0. The number of hydrogen-bond donors (Lipinski definition) is 0. The summed E-state index contributed by atoms with van der Waals surface area (Å²) in [5, 5.41) is 4.83. The highest BCUT2D eigenvalue weighted by Gasteiger charge is 2.14. The monoisotopic (exact) mass is 437 g/mol. The van der Waals surface area contributed by atoms with E-state index in [0.717, 1.165) is 22.5 Å². The Balaban J connectivity index is 1.76. The van der Waals surface area contributed by atoms with Gasteiger partial charge in [-0.25, -0.2) is 0 Å². The van der Waals surface area contributed by atoms with Crippen LogP contribution in [0.15, 0.2) is 58.1 Å². The molecule has 0 atom stereocenters. The van der Waals surface area contributed by atoms with E-state index in [2.05, 4.69) is 43.0 Å². The third kappa shape index (κ3) is 4.06. The molecule has 0 saturated heterocycles. The molecule has 0 aliphatic rings. The van der Waals surface area contributed by atoms with E-state index in [-0.39, 0.29) is 28.0 Å². The molecule has 0 aliphatic heterocycles. The molecule has 0 saturated carbocycles. The molecule has 0 spiro atoms. The molecule has 4 rings (SSSR count).